The van der Waals surface area contributed by atoms with Crippen LogP contribution in [0.4, 0.5) is 0 Å². The highest BCUT2D eigenvalue weighted by atomic mass is 32.2. The van der Waals surface area contributed by atoms with Crippen molar-refractivity contribution in [1.29, 1.82) is 0 Å². The van der Waals surface area contributed by atoms with Gasteiger partial charge in [-0.05, 0) is 31.0 Å². The van der Waals surface area contributed by atoms with Crippen LogP contribution < -0.4 is 5.73 Å². The van der Waals surface area contributed by atoms with Crippen molar-refractivity contribution in [3.8, 4) is 0 Å². The summed E-state index contributed by atoms with van der Waals surface area (Å²) in [6.45, 7) is 2.80. The van der Waals surface area contributed by atoms with Gasteiger partial charge in [0.1, 0.15) is 4.90 Å². The number of rotatable bonds is 2. The van der Waals surface area contributed by atoms with Crippen LogP contribution in [0.1, 0.15) is 12.0 Å². The summed E-state index contributed by atoms with van der Waals surface area (Å²) in [6.07, 6.45) is 2.40. The minimum absolute atomic E-state index is 0.0741. The molecule has 1 atom stereocenters. The smallest absolute Gasteiger partial charge is 0.245 e. The molecular formula is C14H17N3O2S. The van der Waals surface area contributed by atoms with E-state index >= 15 is 0 Å². The average molecular weight is 291 g/mol. The van der Waals surface area contributed by atoms with Crippen LogP contribution in [0.15, 0.2) is 35.4 Å². The van der Waals surface area contributed by atoms with Crippen LogP contribution in [-0.2, 0) is 10.0 Å². The summed E-state index contributed by atoms with van der Waals surface area (Å²) in [6, 6.07) is 7.12. The van der Waals surface area contributed by atoms with E-state index in [1.165, 1.54) is 4.31 Å². The van der Waals surface area contributed by atoms with Crippen LogP contribution in [0.2, 0.25) is 0 Å². The Hall–Kier alpha value is -1.50. The van der Waals surface area contributed by atoms with Gasteiger partial charge in [-0.2, -0.15) is 4.31 Å². The Morgan fingerprint density at radius 1 is 1.40 bits per heavy atom. The second-order valence-electron chi connectivity index (χ2n) is 5.25. The van der Waals surface area contributed by atoms with Crippen LogP contribution in [0, 0.1) is 6.92 Å². The summed E-state index contributed by atoms with van der Waals surface area (Å²) in [5, 5.41) is 0.842. The first kappa shape index (κ1) is 13.5. The Kier molecular flexibility index (Phi) is 3.24. The number of hydrogen-bond donors (Lipinski definition) is 1. The standard InChI is InChI=1S/C14H17N3O2S/c1-10-7-11-3-2-4-13(14(11)16-8-10)20(18,19)17-6-5-12(15)9-17/h2-4,7-8,12H,5-6,9,15H2,1H3/t12-/m1/s1. The molecule has 0 unspecified atom stereocenters. The summed E-state index contributed by atoms with van der Waals surface area (Å²) < 4.78 is 26.9. The number of para-hydroxylation sites is 1. The summed E-state index contributed by atoms with van der Waals surface area (Å²) in [4.78, 5) is 4.57. The van der Waals surface area contributed by atoms with Crippen molar-refractivity contribution in [2.45, 2.75) is 24.3 Å². The molecule has 1 saturated heterocycles. The summed E-state index contributed by atoms with van der Waals surface area (Å²) in [7, 11) is -3.52. The Morgan fingerprint density at radius 3 is 2.90 bits per heavy atom. The molecule has 6 heteroatoms. The van der Waals surface area contributed by atoms with Gasteiger partial charge in [-0.1, -0.05) is 12.1 Å². The number of fused-ring (bicyclic) bond motifs is 1. The predicted molar refractivity (Wildman–Crippen MR) is 77.8 cm³/mol. The first-order valence-corrected chi connectivity index (χ1v) is 8.03. The van der Waals surface area contributed by atoms with Gasteiger partial charge >= 0.3 is 0 Å². The van der Waals surface area contributed by atoms with Gasteiger partial charge in [0, 0.05) is 30.7 Å². The predicted octanol–water partition coefficient (Wildman–Crippen LogP) is 1.26. The first-order valence-electron chi connectivity index (χ1n) is 6.59. The molecule has 1 aliphatic heterocycles. The fraction of sp³-hybridized carbons (Fsp3) is 0.357. The lowest BCUT2D eigenvalue weighted by molar-refractivity contribution is 0.473. The van der Waals surface area contributed by atoms with Gasteiger partial charge in [0.25, 0.3) is 0 Å². The van der Waals surface area contributed by atoms with Crippen molar-refractivity contribution in [3.05, 3.63) is 36.0 Å². The average Bonchev–Trinajstić information content (AvgIpc) is 2.85. The van der Waals surface area contributed by atoms with Crippen LogP contribution in [0.3, 0.4) is 0 Å². The van der Waals surface area contributed by atoms with E-state index in [1.54, 1.807) is 18.3 Å². The Morgan fingerprint density at radius 2 is 2.20 bits per heavy atom. The number of hydrogen-bond acceptors (Lipinski definition) is 4. The molecule has 2 N–H and O–H groups in total. The maximum atomic E-state index is 12.7. The molecule has 0 saturated carbocycles. The fourth-order valence-electron chi connectivity index (χ4n) is 2.56. The van der Waals surface area contributed by atoms with E-state index < -0.39 is 10.0 Å². The quantitative estimate of drug-likeness (QED) is 0.904. The van der Waals surface area contributed by atoms with E-state index in [0.29, 0.717) is 25.0 Å². The molecular weight excluding hydrogens is 274 g/mol. The molecule has 2 aromatic rings. The lowest BCUT2D eigenvalue weighted by atomic mass is 10.2. The number of nitrogens with two attached hydrogens (primary N) is 1. The van der Waals surface area contributed by atoms with E-state index in [9.17, 15) is 8.42 Å². The van der Waals surface area contributed by atoms with Gasteiger partial charge in [0.2, 0.25) is 10.0 Å². The highest BCUT2D eigenvalue weighted by Crippen LogP contribution is 2.26. The van der Waals surface area contributed by atoms with Gasteiger partial charge in [-0.3, -0.25) is 4.98 Å². The first-order chi connectivity index (χ1) is 9.48. The molecule has 1 aromatic carbocycles. The molecule has 0 radical (unpaired) electrons. The zero-order valence-electron chi connectivity index (χ0n) is 11.3. The molecule has 1 aromatic heterocycles. The lowest BCUT2D eigenvalue weighted by Crippen LogP contribution is -2.32. The second-order valence-corrected chi connectivity index (χ2v) is 7.16. The molecule has 20 heavy (non-hydrogen) atoms. The fourth-order valence-corrected chi connectivity index (χ4v) is 4.24. The molecule has 0 spiro atoms. The summed E-state index contributed by atoms with van der Waals surface area (Å²) in [5.41, 5.74) is 7.35. The Bertz CT molecular complexity index is 758. The minimum atomic E-state index is -3.52. The third-order valence-electron chi connectivity index (χ3n) is 3.62. The van der Waals surface area contributed by atoms with Gasteiger partial charge < -0.3 is 5.73 Å². The van der Waals surface area contributed by atoms with Crippen molar-refractivity contribution in [3.63, 3.8) is 0 Å². The third-order valence-corrected chi connectivity index (χ3v) is 5.51. The van der Waals surface area contributed by atoms with E-state index in [2.05, 4.69) is 4.98 Å². The number of nitrogens with zero attached hydrogens (tertiary/aromatic N) is 2. The molecule has 1 aliphatic rings. The van der Waals surface area contributed by atoms with Gasteiger partial charge in [-0.25, -0.2) is 8.42 Å². The zero-order chi connectivity index (χ0) is 14.3. The zero-order valence-corrected chi connectivity index (χ0v) is 12.1. The van der Waals surface area contributed by atoms with Crippen molar-refractivity contribution in [2.75, 3.05) is 13.1 Å². The molecule has 5 nitrogen and oxygen atoms in total. The topological polar surface area (TPSA) is 76.3 Å². The molecule has 3 rings (SSSR count). The Labute approximate surface area is 118 Å². The van der Waals surface area contributed by atoms with Crippen LogP contribution in [0.5, 0.6) is 0 Å². The molecule has 106 valence electrons. The van der Waals surface area contributed by atoms with Crippen molar-refractivity contribution in [1.82, 2.24) is 9.29 Å². The van der Waals surface area contributed by atoms with Gasteiger partial charge in [0.15, 0.2) is 0 Å². The van der Waals surface area contributed by atoms with Crippen LogP contribution >= 0.6 is 0 Å². The third kappa shape index (κ3) is 2.19. The van der Waals surface area contributed by atoms with Crippen LogP contribution in [-0.4, -0.2) is 36.8 Å². The van der Waals surface area contributed by atoms with Gasteiger partial charge in [-0.15, -0.1) is 0 Å². The molecule has 0 aliphatic carbocycles. The maximum Gasteiger partial charge on any atom is 0.245 e. The highest BCUT2D eigenvalue weighted by molar-refractivity contribution is 7.89. The maximum absolute atomic E-state index is 12.7. The summed E-state index contributed by atoms with van der Waals surface area (Å²) in [5.74, 6) is 0. The monoisotopic (exact) mass is 291 g/mol. The molecule has 2 heterocycles. The molecule has 1 fully saturated rings. The van der Waals surface area contributed by atoms with E-state index in [4.69, 9.17) is 5.73 Å². The summed E-state index contributed by atoms with van der Waals surface area (Å²) >= 11 is 0. The number of aryl methyl sites for hydroxylation is 1. The Balaban J connectivity index is 2.14. The van der Waals surface area contributed by atoms with Gasteiger partial charge in [0.05, 0.1) is 5.52 Å². The highest BCUT2D eigenvalue weighted by Gasteiger charge is 2.32. The van der Waals surface area contributed by atoms with Crippen molar-refractivity contribution < 1.29 is 8.42 Å². The number of pyridine rings is 1. The second kappa shape index (κ2) is 4.80. The van der Waals surface area contributed by atoms with Crippen molar-refractivity contribution in [2.24, 2.45) is 5.73 Å². The lowest BCUT2D eigenvalue weighted by Gasteiger charge is -2.17. The van der Waals surface area contributed by atoms with E-state index in [1.807, 2.05) is 19.1 Å². The molecule has 0 amide bonds. The van der Waals surface area contributed by atoms with E-state index in [-0.39, 0.29) is 10.9 Å². The van der Waals surface area contributed by atoms with Crippen LogP contribution in [0.25, 0.3) is 10.9 Å². The number of benzene rings is 1. The number of sulfonamides is 1. The largest absolute Gasteiger partial charge is 0.326 e. The SMILES string of the molecule is Cc1cnc2c(S(=O)(=O)N3CC[C@@H](N)C3)cccc2c1. The normalized spacial score (nSPS) is 20.6. The molecule has 0 bridgehead atoms. The van der Waals surface area contributed by atoms with E-state index in [0.717, 1.165) is 10.9 Å². The number of aromatic nitrogens is 1. The minimum Gasteiger partial charge on any atom is -0.326 e. The van der Waals surface area contributed by atoms with Crippen molar-refractivity contribution >= 4 is 20.9 Å².